The minimum atomic E-state index is -1.08. The van der Waals surface area contributed by atoms with Crippen molar-refractivity contribution in [2.75, 3.05) is 33.1 Å². The van der Waals surface area contributed by atoms with Crippen molar-refractivity contribution in [3.8, 4) is 5.75 Å². The van der Waals surface area contributed by atoms with Gasteiger partial charge in [0.05, 0.1) is 20.0 Å². The number of esters is 1. The molecule has 2 aromatic carbocycles. The van der Waals surface area contributed by atoms with Gasteiger partial charge < -0.3 is 14.6 Å². The molecule has 34 heavy (non-hydrogen) atoms. The highest BCUT2D eigenvalue weighted by Crippen LogP contribution is 2.35. The molecule has 0 bridgehead atoms. The number of Topliss-reactive ketones (excluding diaryl/α,β-unsaturated/α-hetero) is 1. The summed E-state index contributed by atoms with van der Waals surface area (Å²) in [6.45, 7) is 0.745. The number of hydrogen-bond donors (Lipinski definition) is 1. The van der Waals surface area contributed by atoms with Gasteiger partial charge in [-0.3, -0.25) is 9.69 Å². The van der Waals surface area contributed by atoms with E-state index in [9.17, 15) is 19.5 Å². The summed E-state index contributed by atoms with van der Waals surface area (Å²) in [5.41, 5.74) is 1.77. The molecular weight excluding hydrogens is 478 g/mol. The number of carbonyl (C=O) groups excluding carboxylic acids is 2. The Morgan fingerprint density at radius 2 is 1.97 bits per heavy atom. The molecule has 0 saturated carbocycles. The van der Waals surface area contributed by atoms with Gasteiger partial charge in [-0.1, -0.05) is 41.9 Å². The van der Waals surface area contributed by atoms with Gasteiger partial charge in [0.15, 0.2) is 5.78 Å². The number of carboxylic acid groups (broad SMARTS) is 1. The number of carbonyl (C=O) groups is 3. The van der Waals surface area contributed by atoms with E-state index in [0.29, 0.717) is 40.4 Å². The zero-order chi connectivity index (χ0) is 24.7. The number of nitrogens with zero attached hydrogens (tertiary/aromatic N) is 1. The number of benzene rings is 2. The fourth-order valence-electron chi connectivity index (χ4n) is 3.93. The van der Waals surface area contributed by atoms with E-state index in [4.69, 9.17) is 21.1 Å². The Morgan fingerprint density at radius 3 is 2.65 bits per heavy atom. The number of thioether (sulfide) groups is 1. The standard InChI is InChI=1S/C25H26ClNO6S/c1-32-18-7-5-6-16(12-18)21(28)15-34-22-10-11-27(14-17(22)13-23(29)30)24(25(31)33-2)19-8-3-4-9-20(19)26/h3-9,12-13,22,24H,10-11,14-15H2,1-2H3,(H,29,30)/b17-13+. The maximum absolute atomic E-state index is 12.7. The summed E-state index contributed by atoms with van der Waals surface area (Å²) >= 11 is 7.76. The first-order chi connectivity index (χ1) is 16.3. The van der Waals surface area contributed by atoms with Crippen LogP contribution in [0.3, 0.4) is 0 Å². The minimum absolute atomic E-state index is 0.0653. The third-order valence-electron chi connectivity index (χ3n) is 5.58. The van der Waals surface area contributed by atoms with E-state index < -0.39 is 18.0 Å². The van der Waals surface area contributed by atoms with E-state index in [-0.39, 0.29) is 23.3 Å². The number of hydrogen-bond acceptors (Lipinski definition) is 7. The zero-order valence-electron chi connectivity index (χ0n) is 18.9. The van der Waals surface area contributed by atoms with Gasteiger partial charge in [-0.15, -0.1) is 11.8 Å². The van der Waals surface area contributed by atoms with Gasteiger partial charge >= 0.3 is 11.9 Å². The van der Waals surface area contributed by atoms with Crippen LogP contribution in [0.5, 0.6) is 5.75 Å². The monoisotopic (exact) mass is 503 g/mol. The van der Waals surface area contributed by atoms with Crippen LogP contribution in [0.25, 0.3) is 0 Å². The zero-order valence-corrected chi connectivity index (χ0v) is 20.5. The van der Waals surface area contributed by atoms with Crippen LogP contribution in [0.1, 0.15) is 28.4 Å². The predicted molar refractivity (Wildman–Crippen MR) is 132 cm³/mol. The number of methoxy groups -OCH3 is 2. The lowest BCUT2D eigenvalue weighted by molar-refractivity contribution is -0.147. The smallest absolute Gasteiger partial charge is 0.328 e. The highest BCUT2D eigenvalue weighted by molar-refractivity contribution is 8.00. The number of halogens is 1. The van der Waals surface area contributed by atoms with E-state index in [2.05, 4.69) is 0 Å². The average molecular weight is 504 g/mol. The van der Waals surface area contributed by atoms with Crippen molar-refractivity contribution < 1.29 is 29.0 Å². The highest BCUT2D eigenvalue weighted by atomic mass is 35.5. The first kappa shape index (κ1) is 25.8. The van der Waals surface area contributed by atoms with E-state index in [1.165, 1.54) is 24.9 Å². The Balaban J connectivity index is 1.77. The number of piperidine rings is 1. The summed E-state index contributed by atoms with van der Waals surface area (Å²) in [5, 5.41) is 9.70. The number of rotatable bonds is 9. The van der Waals surface area contributed by atoms with E-state index >= 15 is 0 Å². The van der Waals surface area contributed by atoms with Crippen molar-refractivity contribution in [1.82, 2.24) is 4.90 Å². The predicted octanol–water partition coefficient (Wildman–Crippen LogP) is 4.26. The quantitative estimate of drug-likeness (QED) is 0.308. The van der Waals surface area contributed by atoms with Crippen LogP contribution in [-0.4, -0.2) is 66.0 Å². The molecule has 180 valence electrons. The van der Waals surface area contributed by atoms with Crippen molar-refractivity contribution in [3.05, 3.63) is 76.3 Å². The van der Waals surface area contributed by atoms with Gasteiger partial charge in [-0.2, -0.15) is 0 Å². The van der Waals surface area contributed by atoms with Crippen LogP contribution in [0.4, 0.5) is 0 Å². The highest BCUT2D eigenvalue weighted by Gasteiger charge is 2.35. The molecule has 0 amide bonds. The molecule has 1 saturated heterocycles. The molecule has 2 aromatic rings. The molecule has 1 aliphatic heterocycles. The second kappa shape index (κ2) is 12.1. The van der Waals surface area contributed by atoms with Crippen LogP contribution < -0.4 is 4.74 Å². The van der Waals surface area contributed by atoms with Crippen molar-refractivity contribution in [2.24, 2.45) is 0 Å². The molecule has 0 radical (unpaired) electrons. The summed E-state index contributed by atoms with van der Waals surface area (Å²) < 4.78 is 10.2. The molecule has 9 heteroatoms. The first-order valence-electron chi connectivity index (χ1n) is 10.6. The Bertz CT molecular complexity index is 1090. The van der Waals surface area contributed by atoms with Gasteiger partial charge in [0, 0.05) is 35.0 Å². The minimum Gasteiger partial charge on any atom is -0.497 e. The Morgan fingerprint density at radius 1 is 1.21 bits per heavy atom. The number of ketones is 1. The van der Waals surface area contributed by atoms with Crippen molar-refractivity contribution >= 4 is 41.1 Å². The lowest BCUT2D eigenvalue weighted by atomic mass is 9.98. The maximum atomic E-state index is 12.7. The summed E-state index contributed by atoms with van der Waals surface area (Å²) in [5.74, 6) is -0.815. The molecule has 7 nitrogen and oxygen atoms in total. The van der Waals surface area contributed by atoms with E-state index in [1.807, 2.05) is 4.90 Å². The van der Waals surface area contributed by atoms with E-state index in [0.717, 1.165) is 0 Å². The number of carboxylic acids is 1. The Hall–Kier alpha value is -2.81. The molecule has 1 fully saturated rings. The molecule has 2 atom stereocenters. The van der Waals surface area contributed by atoms with Crippen molar-refractivity contribution in [3.63, 3.8) is 0 Å². The van der Waals surface area contributed by atoms with Crippen LogP contribution in [-0.2, 0) is 14.3 Å². The van der Waals surface area contributed by atoms with Crippen LogP contribution >= 0.6 is 23.4 Å². The number of likely N-dealkylation sites (tertiary alicyclic amines) is 1. The van der Waals surface area contributed by atoms with E-state index in [1.54, 1.807) is 55.6 Å². The molecule has 0 spiro atoms. The van der Waals surface area contributed by atoms with Crippen molar-refractivity contribution in [2.45, 2.75) is 17.7 Å². The van der Waals surface area contributed by atoms with Crippen LogP contribution in [0.15, 0.2) is 60.2 Å². The van der Waals surface area contributed by atoms with Crippen LogP contribution in [0.2, 0.25) is 5.02 Å². The maximum Gasteiger partial charge on any atom is 0.328 e. The molecule has 1 N–H and O–H groups in total. The second-order valence-electron chi connectivity index (χ2n) is 7.72. The molecule has 1 aliphatic rings. The fraction of sp³-hybridized carbons (Fsp3) is 0.320. The largest absolute Gasteiger partial charge is 0.497 e. The molecule has 3 rings (SSSR count). The van der Waals surface area contributed by atoms with Gasteiger partial charge in [0.25, 0.3) is 0 Å². The normalized spacial score (nSPS) is 18.3. The van der Waals surface area contributed by atoms with Gasteiger partial charge in [0.1, 0.15) is 11.8 Å². The lowest BCUT2D eigenvalue weighted by Gasteiger charge is -2.38. The topological polar surface area (TPSA) is 93.1 Å². The summed E-state index contributed by atoms with van der Waals surface area (Å²) in [4.78, 5) is 38.8. The summed E-state index contributed by atoms with van der Waals surface area (Å²) in [6.07, 6.45) is 1.73. The van der Waals surface area contributed by atoms with Gasteiger partial charge in [-0.05, 0) is 35.8 Å². The fourth-order valence-corrected chi connectivity index (χ4v) is 5.32. The molecule has 1 heterocycles. The Labute approximate surface area is 207 Å². The summed E-state index contributed by atoms with van der Waals surface area (Å²) in [6, 6.07) is 13.2. The Kier molecular flexibility index (Phi) is 9.15. The lowest BCUT2D eigenvalue weighted by Crippen LogP contribution is -2.43. The molecule has 0 aliphatic carbocycles. The third-order valence-corrected chi connectivity index (χ3v) is 7.30. The average Bonchev–Trinajstić information content (AvgIpc) is 2.84. The van der Waals surface area contributed by atoms with Crippen LogP contribution in [0, 0.1) is 0 Å². The van der Waals surface area contributed by atoms with Crippen molar-refractivity contribution in [1.29, 1.82) is 0 Å². The number of aliphatic carboxylic acids is 1. The third kappa shape index (κ3) is 6.40. The second-order valence-corrected chi connectivity index (χ2v) is 9.32. The first-order valence-corrected chi connectivity index (χ1v) is 12.0. The SMILES string of the molecule is COC(=O)C(c1ccccc1Cl)N1CCC(SCC(=O)c2cccc(OC)c2)/C(=C/C(=O)O)C1. The molecule has 0 aromatic heterocycles. The number of ether oxygens (including phenoxy) is 2. The molecular formula is C25H26ClNO6S. The molecule has 2 unspecified atom stereocenters. The summed E-state index contributed by atoms with van der Waals surface area (Å²) in [7, 11) is 2.85. The van der Waals surface area contributed by atoms with Gasteiger partial charge in [-0.25, -0.2) is 9.59 Å². The van der Waals surface area contributed by atoms with Gasteiger partial charge in [0.2, 0.25) is 0 Å².